The van der Waals surface area contributed by atoms with Crippen LogP contribution in [0.4, 0.5) is 0 Å². The van der Waals surface area contributed by atoms with Crippen LogP contribution >= 0.6 is 0 Å². The lowest BCUT2D eigenvalue weighted by Crippen LogP contribution is -2.14. The second-order valence-electron chi connectivity index (χ2n) is 15.5. The summed E-state index contributed by atoms with van der Waals surface area (Å²) in [5.74, 6) is 0. The average molecular weight is 736 g/mol. The first-order chi connectivity index (χ1) is 28.0. The molecule has 2 aromatic heterocycles. The molecule has 0 unspecified atom stereocenters. The summed E-state index contributed by atoms with van der Waals surface area (Å²) in [5, 5.41) is 7.45. The standard InChI is InChI=1S/C49H31NO.C4H8.C2H6/c1-49(2)42-16-7-5-12-33(42)38-26-39-34-13-6-8-17-44(34)50(45(39)27-43(38)49)29-19-23-47-41(25-29)40-24-28(18-22-46(40)51-47)30-20-21-37-32-11-4-3-10-31(32)36-15-9-14-35(30)48(36)37;1-3-4-2;1-2/h3-27H,1-2H3;3-4H,1-2H3;1-2H3/b;4-3-;. The van der Waals surface area contributed by atoms with Crippen LogP contribution in [0.25, 0.3) is 105 Å². The summed E-state index contributed by atoms with van der Waals surface area (Å²) in [5.41, 5.74) is 18.5. The van der Waals surface area contributed by atoms with Crippen molar-refractivity contribution >= 4 is 54.5 Å². The van der Waals surface area contributed by atoms with Crippen molar-refractivity contribution in [3.05, 3.63) is 175 Å². The maximum atomic E-state index is 6.48. The number of benzene rings is 8. The summed E-state index contributed by atoms with van der Waals surface area (Å²) in [6.45, 7) is 12.7. The van der Waals surface area contributed by atoms with E-state index in [1.165, 1.54) is 88.2 Å². The van der Waals surface area contributed by atoms with Gasteiger partial charge in [-0.1, -0.05) is 143 Å². The van der Waals surface area contributed by atoms with Crippen LogP contribution in [-0.4, -0.2) is 4.57 Å². The highest BCUT2D eigenvalue weighted by atomic mass is 16.3. The molecule has 2 aliphatic rings. The van der Waals surface area contributed by atoms with Gasteiger partial charge in [-0.25, -0.2) is 0 Å². The molecule has 2 aliphatic carbocycles. The molecule has 0 atom stereocenters. The number of allylic oxidation sites excluding steroid dienone is 2. The molecule has 0 fully saturated rings. The molecule has 276 valence electrons. The van der Waals surface area contributed by atoms with Crippen molar-refractivity contribution in [2.24, 2.45) is 0 Å². The Labute approximate surface area is 334 Å². The van der Waals surface area contributed by atoms with E-state index >= 15 is 0 Å². The van der Waals surface area contributed by atoms with Crippen LogP contribution in [0.1, 0.15) is 52.7 Å². The van der Waals surface area contributed by atoms with Gasteiger partial charge in [0.05, 0.1) is 11.0 Å². The third-order valence-electron chi connectivity index (χ3n) is 12.3. The van der Waals surface area contributed by atoms with Crippen LogP contribution in [0.5, 0.6) is 0 Å². The maximum absolute atomic E-state index is 6.48. The molecule has 8 aromatic carbocycles. The first kappa shape index (κ1) is 34.8. The van der Waals surface area contributed by atoms with Crippen molar-refractivity contribution in [1.82, 2.24) is 4.57 Å². The van der Waals surface area contributed by atoms with Gasteiger partial charge in [0.15, 0.2) is 0 Å². The Bertz CT molecular complexity index is 3220. The summed E-state index contributed by atoms with van der Waals surface area (Å²) in [6, 6.07) is 56.1. The molecule has 0 spiro atoms. The van der Waals surface area contributed by atoms with E-state index in [-0.39, 0.29) is 5.41 Å². The van der Waals surface area contributed by atoms with E-state index < -0.39 is 0 Å². The highest BCUT2D eigenvalue weighted by Crippen LogP contribution is 2.52. The van der Waals surface area contributed by atoms with Crippen LogP contribution in [0.2, 0.25) is 0 Å². The van der Waals surface area contributed by atoms with Gasteiger partial charge in [0, 0.05) is 32.6 Å². The van der Waals surface area contributed by atoms with Crippen LogP contribution in [-0.2, 0) is 5.41 Å². The van der Waals surface area contributed by atoms with Crippen molar-refractivity contribution in [2.75, 3.05) is 0 Å². The fourth-order valence-electron chi connectivity index (χ4n) is 9.57. The van der Waals surface area contributed by atoms with Crippen LogP contribution in [0.15, 0.2) is 168 Å². The average Bonchev–Trinajstić information content (AvgIpc) is 3.97. The SMILES string of the molecule is C/C=C\C.CC.CC1(C)c2ccccc2-c2cc3c4ccccc4n(-c4ccc5oc6ccc(-c7ccc8c9c(cccc79)-c7ccccc7-8)cc6c5c4)c3cc21. The summed E-state index contributed by atoms with van der Waals surface area (Å²) in [7, 11) is 0. The molecule has 12 rings (SSSR count). The molecule has 2 heterocycles. The molecule has 0 amide bonds. The van der Waals surface area contributed by atoms with E-state index in [1.807, 2.05) is 39.8 Å². The molecule has 2 heteroatoms. The number of nitrogens with zero attached hydrogens (tertiary/aromatic N) is 1. The molecule has 0 saturated carbocycles. The van der Waals surface area contributed by atoms with E-state index in [1.54, 1.807) is 0 Å². The highest BCUT2D eigenvalue weighted by Gasteiger charge is 2.36. The van der Waals surface area contributed by atoms with Gasteiger partial charge >= 0.3 is 0 Å². The molecule has 10 aromatic rings. The Balaban J connectivity index is 0.000000624. The van der Waals surface area contributed by atoms with Crippen molar-refractivity contribution < 1.29 is 4.42 Å². The van der Waals surface area contributed by atoms with Crippen molar-refractivity contribution in [3.8, 4) is 50.2 Å². The van der Waals surface area contributed by atoms with Crippen molar-refractivity contribution in [3.63, 3.8) is 0 Å². The van der Waals surface area contributed by atoms with E-state index in [0.717, 1.165) is 27.6 Å². The third-order valence-corrected chi connectivity index (χ3v) is 12.3. The Morgan fingerprint density at radius 3 is 1.82 bits per heavy atom. The molecule has 0 N–H and O–H groups in total. The molecule has 57 heavy (non-hydrogen) atoms. The molecule has 0 aliphatic heterocycles. The monoisotopic (exact) mass is 735 g/mol. The number of para-hydroxylation sites is 1. The summed E-state index contributed by atoms with van der Waals surface area (Å²) >= 11 is 0. The summed E-state index contributed by atoms with van der Waals surface area (Å²) in [4.78, 5) is 0. The second-order valence-corrected chi connectivity index (χ2v) is 15.5. The van der Waals surface area contributed by atoms with Gasteiger partial charge < -0.3 is 8.98 Å². The lowest BCUT2D eigenvalue weighted by atomic mass is 9.82. The fraction of sp³-hybridized carbons (Fsp3) is 0.127. The first-order valence-electron chi connectivity index (χ1n) is 20.3. The number of aromatic nitrogens is 1. The lowest BCUT2D eigenvalue weighted by molar-refractivity contribution is 0.661. The second kappa shape index (κ2) is 13.2. The number of fused-ring (bicyclic) bond motifs is 12. The molecule has 2 nitrogen and oxygen atoms in total. The summed E-state index contributed by atoms with van der Waals surface area (Å²) in [6.07, 6.45) is 4.00. The van der Waals surface area contributed by atoms with Crippen molar-refractivity contribution in [1.29, 1.82) is 0 Å². The predicted octanol–water partition coefficient (Wildman–Crippen LogP) is 16.1. The Kier molecular flexibility index (Phi) is 8.09. The largest absolute Gasteiger partial charge is 0.456 e. The molecule has 0 saturated heterocycles. The Hall–Kier alpha value is -6.64. The van der Waals surface area contributed by atoms with E-state index in [2.05, 4.69) is 170 Å². The van der Waals surface area contributed by atoms with Gasteiger partial charge in [-0.2, -0.15) is 0 Å². The van der Waals surface area contributed by atoms with Gasteiger partial charge in [0.2, 0.25) is 0 Å². The number of rotatable bonds is 2. The Morgan fingerprint density at radius 2 is 1.05 bits per heavy atom. The topological polar surface area (TPSA) is 18.1 Å². The fourth-order valence-corrected chi connectivity index (χ4v) is 9.57. The minimum atomic E-state index is -0.0755. The van der Waals surface area contributed by atoms with E-state index in [0.29, 0.717) is 0 Å². The van der Waals surface area contributed by atoms with E-state index in [4.69, 9.17) is 4.42 Å². The summed E-state index contributed by atoms with van der Waals surface area (Å²) < 4.78 is 8.93. The van der Waals surface area contributed by atoms with Crippen LogP contribution < -0.4 is 0 Å². The third kappa shape index (κ3) is 5.03. The number of hydrogen-bond donors (Lipinski definition) is 0. The van der Waals surface area contributed by atoms with Gasteiger partial charge in [-0.05, 0) is 129 Å². The maximum Gasteiger partial charge on any atom is 0.135 e. The minimum Gasteiger partial charge on any atom is -0.456 e. The van der Waals surface area contributed by atoms with Gasteiger partial charge in [0.1, 0.15) is 11.2 Å². The first-order valence-corrected chi connectivity index (χ1v) is 20.3. The quantitative estimate of drug-likeness (QED) is 0.162. The van der Waals surface area contributed by atoms with Crippen LogP contribution in [0, 0.1) is 0 Å². The lowest BCUT2D eigenvalue weighted by Gasteiger charge is -2.21. The zero-order chi connectivity index (χ0) is 39.0. The van der Waals surface area contributed by atoms with Gasteiger partial charge in [-0.15, -0.1) is 0 Å². The Morgan fingerprint density at radius 1 is 0.439 bits per heavy atom. The molecular weight excluding hydrogens is 691 g/mol. The molecule has 0 bridgehead atoms. The normalized spacial score (nSPS) is 13.2. The molecule has 0 radical (unpaired) electrons. The van der Waals surface area contributed by atoms with Gasteiger partial charge in [0.25, 0.3) is 0 Å². The zero-order valence-electron chi connectivity index (χ0n) is 33.4. The smallest absolute Gasteiger partial charge is 0.135 e. The minimum absolute atomic E-state index is 0.0755. The van der Waals surface area contributed by atoms with Gasteiger partial charge in [-0.3, -0.25) is 0 Å². The number of furan rings is 1. The zero-order valence-corrected chi connectivity index (χ0v) is 33.4. The number of hydrogen-bond acceptors (Lipinski definition) is 1. The van der Waals surface area contributed by atoms with Crippen molar-refractivity contribution in [2.45, 2.75) is 47.0 Å². The van der Waals surface area contributed by atoms with Crippen LogP contribution in [0.3, 0.4) is 0 Å². The predicted molar refractivity (Wildman–Crippen MR) is 245 cm³/mol. The van der Waals surface area contributed by atoms with E-state index in [9.17, 15) is 0 Å². The highest BCUT2D eigenvalue weighted by molar-refractivity contribution is 6.19. The molecular formula is C55H45NO.